The van der Waals surface area contributed by atoms with E-state index in [9.17, 15) is 14.4 Å². The summed E-state index contributed by atoms with van der Waals surface area (Å²) < 4.78 is 13.8. The molecule has 1 atom stereocenters. The Kier molecular flexibility index (Phi) is 4.55. The number of nitrogens with zero attached hydrogens (tertiary/aromatic N) is 1. The van der Waals surface area contributed by atoms with Gasteiger partial charge in [-0.2, -0.15) is 5.26 Å². The van der Waals surface area contributed by atoms with Crippen LogP contribution in [0.15, 0.2) is 18.2 Å². The van der Waals surface area contributed by atoms with Crippen LogP contribution in [-0.2, 0) is 4.79 Å². The molecular weight excluding hydrogens is 265 g/mol. The first-order valence-corrected chi connectivity index (χ1v) is 6.90. The fourth-order valence-electron chi connectivity index (χ4n) is 2.68. The lowest BCUT2D eigenvalue weighted by Gasteiger charge is -2.23. The first kappa shape index (κ1) is 14.0. The van der Waals surface area contributed by atoms with Gasteiger partial charge in [0.15, 0.2) is 5.78 Å². The molecule has 0 amide bonds. The highest BCUT2D eigenvalue weighted by molar-refractivity contribution is 6.31. The number of carbonyl (C=O) groups is 1. The predicted molar refractivity (Wildman–Crippen MR) is 71.3 cm³/mol. The van der Waals surface area contributed by atoms with Crippen molar-refractivity contribution in [2.75, 3.05) is 0 Å². The molecule has 0 aliphatic heterocycles. The molecule has 19 heavy (non-hydrogen) atoms. The van der Waals surface area contributed by atoms with Gasteiger partial charge >= 0.3 is 0 Å². The molecule has 1 aliphatic rings. The standard InChI is InChI=1S/C15H15ClFNO/c16-12-7-4-8-13(17)14(12)11(9-18)15(19)10-5-2-1-3-6-10/h4,7-8,10-11H,1-3,5-6H2. The SMILES string of the molecule is N#CC(C(=O)C1CCCCC1)c1c(F)cccc1Cl. The molecule has 4 heteroatoms. The fourth-order valence-corrected chi connectivity index (χ4v) is 2.95. The number of halogens is 2. The number of carbonyl (C=O) groups excluding carboxylic acids is 1. The molecule has 1 fully saturated rings. The van der Waals surface area contributed by atoms with E-state index >= 15 is 0 Å². The molecule has 1 aliphatic carbocycles. The Labute approximate surface area is 117 Å². The van der Waals surface area contributed by atoms with E-state index in [0.717, 1.165) is 32.1 Å². The van der Waals surface area contributed by atoms with Crippen molar-refractivity contribution >= 4 is 17.4 Å². The predicted octanol–water partition coefficient (Wildman–Crippen LogP) is 4.24. The maximum atomic E-state index is 13.8. The number of Topliss-reactive ketones (excluding diaryl/α,β-unsaturated/α-hetero) is 1. The highest BCUT2D eigenvalue weighted by Gasteiger charge is 2.32. The molecule has 1 aromatic rings. The summed E-state index contributed by atoms with van der Waals surface area (Å²) in [6, 6.07) is 6.14. The maximum Gasteiger partial charge on any atom is 0.157 e. The van der Waals surface area contributed by atoms with Crippen LogP contribution in [0.5, 0.6) is 0 Å². The van der Waals surface area contributed by atoms with Gasteiger partial charge in [-0.3, -0.25) is 4.79 Å². The van der Waals surface area contributed by atoms with Gasteiger partial charge in [0.1, 0.15) is 11.7 Å². The summed E-state index contributed by atoms with van der Waals surface area (Å²) >= 11 is 5.94. The monoisotopic (exact) mass is 279 g/mol. The van der Waals surface area contributed by atoms with E-state index in [0.29, 0.717) is 0 Å². The summed E-state index contributed by atoms with van der Waals surface area (Å²) in [6.07, 6.45) is 4.72. The number of benzene rings is 1. The van der Waals surface area contributed by atoms with Crippen LogP contribution in [0.1, 0.15) is 43.6 Å². The second-order valence-corrected chi connectivity index (χ2v) is 5.34. The maximum absolute atomic E-state index is 13.8. The van der Waals surface area contributed by atoms with Crippen LogP contribution >= 0.6 is 11.6 Å². The minimum absolute atomic E-state index is 0.0299. The van der Waals surface area contributed by atoms with Crippen LogP contribution in [0.25, 0.3) is 0 Å². The van der Waals surface area contributed by atoms with Gasteiger partial charge in [-0.05, 0) is 25.0 Å². The van der Waals surface area contributed by atoms with Crippen molar-refractivity contribution in [1.29, 1.82) is 5.26 Å². The molecule has 0 heterocycles. The van der Waals surface area contributed by atoms with Gasteiger partial charge in [-0.25, -0.2) is 4.39 Å². The fraction of sp³-hybridized carbons (Fsp3) is 0.467. The third kappa shape index (κ3) is 2.96. The largest absolute Gasteiger partial charge is 0.298 e. The van der Waals surface area contributed by atoms with Crippen LogP contribution in [0.2, 0.25) is 5.02 Å². The second-order valence-electron chi connectivity index (χ2n) is 4.93. The van der Waals surface area contributed by atoms with Crippen molar-refractivity contribution in [2.45, 2.75) is 38.0 Å². The molecule has 0 bridgehead atoms. The highest BCUT2D eigenvalue weighted by atomic mass is 35.5. The molecule has 0 spiro atoms. The van der Waals surface area contributed by atoms with Crippen molar-refractivity contribution in [3.63, 3.8) is 0 Å². The third-order valence-corrected chi connectivity index (χ3v) is 4.04. The van der Waals surface area contributed by atoms with Crippen LogP contribution < -0.4 is 0 Å². The Hall–Kier alpha value is -1.40. The van der Waals surface area contributed by atoms with Gasteiger partial charge in [-0.1, -0.05) is 36.9 Å². The lowest BCUT2D eigenvalue weighted by atomic mass is 9.80. The zero-order valence-corrected chi connectivity index (χ0v) is 11.3. The van der Waals surface area contributed by atoms with Crippen molar-refractivity contribution in [1.82, 2.24) is 0 Å². The number of hydrogen-bond acceptors (Lipinski definition) is 2. The topological polar surface area (TPSA) is 40.9 Å². The minimum Gasteiger partial charge on any atom is -0.298 e. The number of rotatable bonds is 3. The summed E-state index contributed by atoms with van der Waals surface area (Å²) in [6.45, 7) is 0. The normalized spacial score (nSPS) is 17.7. The van der Waals surface area contributed by atoms with Crippen molar-refractivity contribution in [2.24, 2.45) is 5.92 Å². The molecule has 0 N–H and O–H groups in total. The van der Waals surface area contributed by atoms with Gasteiger partial charge in [0.25, 0.3) is 0 Å². The lowest BCUT2D eigenvalue weighted by Crippen LogP contribution is -2.24. The molecule has 1 unspecified atom stereocenters. The Bertz CT molecular complexity index is 497. The first-order chi connectivity index (χ1) is 9.15. The summed E-state index contributed by atoms with van der Waals surface area (Å²) in [5.74, 6) is -1.98. The van der Waals surface area contributed by atoms with Crippen molar-refractivity contribution < 1.29 is 9.18 Å². The summed E-state index contributed by atoms with van der Waals surface area (Å²) in [5, 5.41) is 9.38. The molecular formula is C15H15ClFNO. The van der Waals surface area contributed by atoms with E-state index in [1.54, 1.807) is 0 Å². The third-order valence-electron chi connectivity index (χ3n) is 3.71. The molecule has 0 saturated heterocycles. The number of ketones is 1. The molecule has 2 nitrogen and oxygen atoms in total. The van der Waals surface area contributed by atoms with E-state index in [-0.39, 0.29) is 22.3 Å². The summed E-state index contributed by atoms with van der Waals surface area (Å²) in [7, 11) is 0. The van der Waals surface area contributed by atoms with Crippen LogP contribution in [0, 0.1) is 23.1 Å². The molecule has 2 rings (SSSR count). The Morgan fingerprint density at radius 2 is 2.05 bits per heavy atom. The highest BCUT2D eigenvalue weighted by Crippen LogP contribution is 2.33. The zero-order chi connectivity index (χ0) is 13.8. The molecule has 1 saturated carbocycles. The van der Waals surface area contributed by atoms with Crippen LogP contribution in [-0.4, -0.2) is 5.78 Å². The van der Waals surface area contributed by atoms with Crippen LogP contribution in [0.4, 0.5) is 4.39 Å². The lowest BCUT2D eigenvalue weighted by molar-refractivity contribution is -0.124. The van der Waals surface area contributed by atoms with E-state index in [1.807, 2.05) is 6.07 Å². The van der Waals surface area contributed by atoms with Gasteiger partial charge < -0.3 is 0 Å². The molecule has 0 radical (unpaired) electrons. The smallest absolute Gasteiger partial charge is 0.157 e. The summed E-state index contributed by atoms with van der Waals surface area (Å²) in [5.41, 5.74) is 0.0299. The molecule has 100 valence electrons. The van der Waals surface area contributed by atoms with Gasteiger partial charge in [-0.15, -0.1) is 0 Å². The zero-order valence-electron chi connectivity index (χ0n) is 10.5. The summed E-state index contributed by atoms with van der Waals surface area (Å²) in [4.78, 5) is 12.4. The number of nitriles is 1. The van der Waals surface area contributed by atoms with E-state index in [2.05, 4.69) is 0 Å². The molecule has 0 aromatic heterocycles. The quantitative estimate of drug-likeness (QED) is 0.830. The molecule has 1 aromatic carbocycles. The van der Waals surface area contributed by atoms with Gasteiger partial charge in [0.05, 0.1) is 6.07 Å². The Balaban J connectivity index is 2.29. The minimum atomic E-state index is -1.09. The average molecular weight is 280 g/mol. The van der Waals surface area contributed by atoms with Crippen molar-refractivity contribution in [3.8, 4) is 6.07 Å². The Morgan fingerprint density at radius 3 is 2.63 bits per heavy atom. The first-order valence-electron chi connectivity index (χ1n) is 6.52. The van der Waals surface area contributed by atoms with E-state index < -0.39 is 11.7 Å². The van der Waals surface area contributed by atoms with Gasteiger partial charge in [0, 0.05) is 16.5 Å². The average Bonchev–Trinajstić information content (AvgIpc) is 2.43. The van der Waals surface area contributed by atoms with E-state index in [4.69, 9.17) is 11.6 Å². The van der Waals surface area contributed by atoms with Crippen molar-refractivity contribution in [3.05, 3.63) is 34.6 Å². The van der Waals surface area contributed by atoms with E-state index in [1.165, 1.54) is 18.2 Å². The Morgan fingerprint density at radius 1 is 1.37 bits per heavy atom. The van der Waals surface area contributed by atoms with Crippen LogP contribution in [0.3, 0.4) is 0 Å². The number of hydrogen-bond donors (Lipinski definition) is 0. The van der Waals surface area contributed by atoms with Gasteiger partial charge in [0.2, 0.25) is 0 Å². The second kappa shape index (κ2) is 6.16.